The third kappa shape index (κ3) is 14.8. The second-order valence-corrected chi connectivity index (χ2v) is 13.8. The first-order chi connectivity index (χ1) is 22.5. The number of hydrogen-bond donors (Lipinski definition) is 2. The molecule has 0 fully saturated rings. The van der Waals surface area contributed by atoms with Crippen LogP contribution in [0.2, 0.25) is 0 Å². The summed E-state index contributed by atoms with van der Waals surface area (Å²) in [6.45, 7) is 7.72. The standard InChI is InChI=1S/C38H59N3O4S/c1-3-5-6-13-25-39-36(42)19-11-9-7-8-10-12-20-37(43)40-26-23-38(44)45-35-18-14-16-31-30-32(21-22-34(31)35)41(27-4-2)28-24-33-17-15-29-46-33/h14-18,29,32H,3-13,19-28,30H2,1-2H3,(H,39,42)(H,40,43)/t32-/m1/s1. The van der Waals surface area contributed by atoms with Gasteiger partial charge >= 0.3 is 5.97 Å². The van der Waals surface area contributed by atoms with Gasteiger partial charge in [0, 0.05) is 43.4 Å². The lowest BCUT2D eigenvalue weighted by molar-refractivity contribution is -0.134. The van der Waals surface area contributed by atoms with Crippen LogP contribution in [0.4, 0.5) is 0 Å². The highest BCUT2D eigenvalue weighted by atomic mass is 32.1. The van der Waals surface area contributed by atoms with Crippen LogP contribution in [0.15, 0.2) is 35.7 Å². The van der Waals surface area contributed by atoms with E-state index in [0.29, 0.717) is 31.2 Å². The maximum Gasteiger partial charge on any atom is 0.312 e. The summed E-state index contributed by atoms with van der Waals surface area (Å²) in [5.41, 5.74) is 2.44. The number of hydrogen-bond acceptors (Lipinski definition) is 6. The Balaban J connectivity index is 1.25. The molecule has 1 atom stereocenters. The number of nitrogens with zero attached hydrogens (tertiary/aromatic N) is 1. The van der Waals surface area contributed by atoms with Gasteiger partial charge in [0.25, 0.3) is 0 Å². The third-order valence-corrected chi connectivity index (χ3v) is 9.89. The molecule has 8 heteroatoms. The molecule has 0 radical (unpaired) electrons. The van der Waals surface area contributed by atoms with Crippen molar-refractivity contribution in [2.45, 2.75) is 135 Å². The molecule has 1 aliphatic carbocycles. The van der Waals surface area contributed by atoms with Gasteiger partial charge < -0.3 is 15.4 Å². The van der Waals surface area contributed by atoms with Crippen LogP contribution in [0.5, 0.6) is 5.75 Å². The van der Waals surface area contributed by atoms with E-state index in [2.05, 4.69) is 53.0 Å². The molecule has 1 heterocycles. The normalized spacial score (nSPS) is 14.2. The molecule has 2 amide bonds. The summed E-state index contributed by atoms with van der Waals surface area (Å²) < 4.78 is 5.80. The van der Waals surface area contributed by atoms with Crippen LogP contribution in [0.3, 0.4) is 0 Å². The average Bonchev–Trinajstić information content (AvgIpc) is 3.58. The number of carbonyl (C=O) groups excluding carboxylic acids is 3. The van der Waals surface area contributed by atoms with Gasteiger partial charge in [0.15, 0.2) is 0 Å². The van der Waals surface area contributed by atoms with E-state index in [1.54, 1.807) is 0 Å². The zero-order valence-corrected chi connectivity index (χ0v) is 29.4. The van der Waals surface area contributed by atoms with Crippen LogP contribution in [0.1, 0.15) is 126 Å². The first-order valence-corrected chi connectivity index (χ1v) is 19.0. The summed E-state index contributed by atoms with van der Waals surface area (Å²) in [6, 6.07) is 10.9. The Hall–Kier alpha value is -2.71. The molecule has 0 unspecified atom stereocenters. The monoisotopic (exact) mass is 653 g/mol. The number of esters is 1. The van der Waals surface area contributed by atoms with Gasteiger partial charge in [-0.3, -0.25) is 19.3 Å². The van der Waals surface area contributed by atoms with Crippen molar-refractivity contribution in [1.82, 2.24) is 15.5 Å². The number of fused-ring (bicyclic) bond motifs is 1. The molecule has 46 heavy (non-hydrogen) atoms. The fourth-order valence-corrected chi connectivity index (χ4v) is 7.04. The Morgan fingerprint density at radius 1 is 0.804 bits per heavy atom. The molecule has 0 aliphatic heterocycles. The number of carbonyl (C=O) groups is 3. The fourth-order valence-electron chi connectivity index (χ4n) is 6.35. The highest BCUT2D eigenvalue weighted by molar-refractivity contribution is 7.09. The zero-order valence-electron chi connectivity index (χ0n) is 28.6. The van der Waals surface area contributed by atoms with Crippen LogP contribution in [0, 0.1) is 0 Å². The van der Waals surface area contributed by atoms with Crippen LogP contribution in [-0.4, -0.2) is 54.9 Å². The SMILES string of the molecule is CCCCCCNC(=O)CCCCCCCCC(=O)NCCC(=O)Oc1cccc2c1CC[C@@H](N(CCC)CCc1cccs1)C2. The van der Waals surface area contributed by atoms with Gasteiger partial charge in [0.05, 0.1) is 6.42 Å². The fraction of sp³-hybridized carbons (Fsp3) is 0.658. The number of thiophene rings is 1. The Bertz CT molecular complexity index is 1150. The summed E-state index contributed by atoms with van der Waals surface area (Å²) >= 11 is 1.84. The minimum Gasteiger partial charge on any atom is -0.426 e. The van der Waals surface area contributed by atoms with Crippen LogP contribution >= 0.6 is 11.3 Å². The van der Waals surface area contributed by atoms with Gasteiger partial charge in [-0.15, -0.1) is 11.3 Å². The molecule has 1 aromatic heterocycles. The predicted octanol–water partition coefficient (Wildman–Crippen LogP) is 7.79. The van der Waals surface area contributed by atoms with Crippen molar-refractivity contribution in [3.05, 3.63) is 51.7 Å². The van der Waals surface area contributed by atoms with E-state index in [1.165, 1.54) is 29.7 Å². The Kier molecular flexibility index (Phi) is 18.7. The highest BCUT2D eigenvalue weighted by Crippen LogP contribution is 2.32. The van der Waals surface area contributed by atoms with Gasteiger partial charge in [0.2, 0.25) is 11.8 Å². The number of unbranched alkanes of at least 4 members (excludes halogenated alkanes) is 8. The summed E-state index contributed by atoms with van der Waals surface area (Å²) in [4.78, 5) is 40.9. The van der Waals surface area contributed by atoms with E-state index in [9.17, 15) is 14.4 Å². The molecule has 256 valence electrons. The third-order valence-electron chi connectivity index (χ3n) is 8.95. The van der Waals surface area contributed by atoms with E-state index in [0.717, 1.165) is 102 Å². The number of rotatable bonds is 24. The number of nitrogens with one attached hydrogen (secondary N) is 2. The van der Waals surface area contributed by atoms with Crippen molar-refractivity contribution in [2.24, 2.45) is 0 Å². The number of benzene rings is 1. The summed E-state index contributed by atoms with van der Waals surface area (Å²) in [5.74, 6) is 0.534. The Labute approximate surface area is 282 Å². The Morgan fingerprint density at radius 2 is 1.52 bits per heavy atom. The van der Waals surface area contributed by atoms with E-state index in [4.69, 9.17) is 4.74 Å². The van der Waals surface area contributed by atoms with Gasteiger partial charge in [-0.05, 0) is 86.6 Å². The van der Waals surface area contributed by atoms with Crippen molar-refractivity contribution in [1.29, 1.82) is 0 Å². The van der Waals surface area contributed by atoms with Crippen molar-refractivity contribution < 1.29 is 19.1 Å². The van der Waals surface area contributed by atoms with Crippen LogP contribution < -0.4 is 15.4 Å². The largest absolute Gasteiger partial charge is 0.426 e. The lowest BCUT2D eigenvalue weighted by Crippen LogP contribution is -2.41. The molecular weight excluding hydrogens is 595 g/mol. The molecule has 0 bridgehead atoms. The topological polar surface area (TPSA) is 87.7 Å². The Morgan fingerprint density at radius 3 is 2.22 bits per heavy atom. The second-order valence-electron chi connectivity index (χ2n) is 12.8. The minimum atomic E-state index is -0.301. The van der Waals surface area contributed by atoms with E-state index < -0.39 is 0 Å². The van der Waals surface area contributed by atoms with Crippen molar-refractivity contribution in [2.75, 3.05) is 26.2 Å². The van der Waals surface area contributed by atoms with Crippen molar-refractivity contribution >= 4 is 29.1 Å². The molecule has 7 nitrogen and oxygen atoms in total. The number of ether oxygens (including phenoxy) is 1. The first kappa shape index (κ1) is 37.7. The molecule has 1 aliphatic rings. The van der Waals surface area contributed by atoms with E-state index >= 15 is 0 Å². The van der Waals surface area contributed by atoms with Crippen LogP contribution in [0.25, 0.3) is 0 Å². The molecule has 0 saturated carbocycles. The quantitative estimate of drug-likeness (QED) is 0.0686. The number of amides is 2. The minimum absolute atomic E-state index is 0.0118. The molecule has 0 saturated heterocycles. The molecule has 0 spiro atoms. The molecule has 2 N–H and O–H groups in total. The summed E-state index contributed by atoms with van der Waals surface area (Å²) in [6.07, 6.45) is 17.2. The average molecular weight is 654 g/mol. The lowest BCUT2D eigenvalue weighted by Gasteiger charge is -2.35. The van der Waals surface area contributed by atoms with Crippen molar-refractivity contribution in [3.8, 4) is 5.75 Å². The molecule has 2 aromatic rings. The smallest absolute Gasteiger partial charge is 0.312 e. The molecule has 3 rings (SSSR count). The molecular formula is C38H59N3O4S. The molecule has 1 aromatic carbocycles. The van der Waals surface area contributed by atoms with E-state index in [1.807, 2.05) is 23.5 Å². The van der Waals surface area contributed by atoms with Gasteiger partial charge in [-0.25, -0.2) is 0 Å². The predicted molar refractivity (Wildman–Crippen MR) is 189 cm³/mol. The maximum absolute atomic E-state index is 12.6. The maximum atomic E-state index is 12.6. The summed E-state index contributed by atoms with van der Waals surface area (Å²) in [5, 5.41) is 8.04. The first-order valence-electron chi connectivity index (χ1n) is 18.1. The van der Waals surface area contributed by atoms with Gasteiger partial charge in [0.1, 0.15) is 5.75 Å². The second kappa shape index (κ2) is 22.8. The van der Waals surface area contributed by atoms with Gasteiger partial charge in [-0.2, -0.15) is 0 Å². The van der Waals surface area contributed by atoms with E-state index in [-0.39, 0.29) is 24.2 Å². The lowest BCUT2D eigenvalue weighted by atomic mass is 9.86. The van der Waals surface area contributed by atoms with Gasteiger partial charge in [-0.1, -0.05) is 77.0 Å². The zero-order chi connectivity index (χ0) is 32.8. The summed E-state index contributed by atoms with van der Waals surface area (Å²) in [7, 11) is 0. The van der Waals surface area contributed by atoms with Crippen molar-refractivity contribution in [3.63, 3.8) is 0 Å². The highest BCUT2D eigenvalue weighted by Gasteiger charge is 2.26. The van der Waals surface area contributed by atoms with Crippen LogP contribution in [-0.2, 0) is 33.6 Å².